The number of ketones is 1. The molecule has 3 aromatic rings. The van der Waals surface area contributed by atoms with E-state index in [4.69, 9.17) is 0 Å². The zero-order chi connectivity index (χ0) is 13.2. The molecule has 1 aromatic carbocycles. The van der Waals surface area contributed by atoms with Crippen LogP contribution in [0.5, 0.6) is 0 Å². The fourth-order valence-corrected chi connectivity index (χ4v) is 2.18. The van der Waals surface area contributed by atoms with E-state index in [-0.39, 0.29) is 5.78 Å². The minimum Gasteiger partial charge on any atom is -0.328 e. The Balaban J connectivity index is 2.17. The molecule has 4 nitrogen and oxygen atoms in total. The maximum absolute atomic E-state index is 12.6. The first-order valence-corrected chi connectivity index (χ1v) is 6.21. The minimum atomic E-state index is -0.0869. The molecular weight excluding hydrogens is 238 g/mol. The first-order valence-electron chi connectivity index (χ1n) is 6.21. The standard InChI is InChI=1S/C15H13N3O/c1-2-18-10-9-17-15(18)14(19)12-7-3-5-11-6-4-8-16-13(11)12/h3-10H,2H2,1H3. The van der Waals surface area contributed by atoms with Crippen molar-refractivity contribution in [2.45, 2.75) is 13.5 Å². The van der Waals surface area contributed by atoms with Gasteiger partial charge in [-0.2, -0.15) is 0 Å². The quantitative estimate of drug-likeness (QED) is 0.672. The van der Waals surface area contributed by atoms with Gasteiger partial charge in [-0.05, 0) is 19.1 Å². The lowest BCUT2D eigenvalue weighted by atomic mass is 10.1. The zero-order valence-corrected chi connectivity index (χ0v) is 10.6. The molecule has 0 aliphatic rings. The van der Waals surface area contributed by atoms with Gasteiger partial charge in [0.1, 0.15) is 0 Å². The number of aryl methyl sites for hydroxylation is 1. The third-order valence-electron chi connectivity index (χ3n) is 3.14. The molecule has 0 bridgehead atoms. The number of carbonyl (C=O) groups is 1. The number of hydrogen-bond acceptors (Lipinski definition) is 3. The van der Waals surface area contributed by atoms with Gasteiger partial charge in [-0.25, -0.2) is 4.98 Å². The lowest BCUT2D eigenvalue weighted by molar-refractivity contribution is 0.102. The highest BCUT2D eigenvalue weighted by atomic mass is 16.1. The van der Waals surface area contributed by atoms with E-state index >= 15 is 0 Å². The molecule has 19 heavy (non-hydrogen) atoms. The van der Waals surface area contributed by atoms with E-state index in [1.54, 1.807) is 18.5 Å². The van der Waals surface area contributed by atoms with Crippen LogP contribution in [0.25, 0.3) is 10.9 Å². The molecule has 0 amide bonds. The van der Waals surface area contributed by atoms with Crippen molar-refractivity contribution in [1.82, 2.24) is 14.5 Å². The number of pyridine rings is 1. The number of imidazole rings is 1. The van der Waals surface area contributed by atoms with Gasteiger partial charge >= 0.3 is 0 Å². The van der Waals surface area contributed by atoms with Gasteiger partial charge in [0, 0.05) is 30.5 Å². The van der Waals surface area contributed by atoms with E-state index in [1.807, 2.05) is 42.0 Å². The summed E-state index contributed by atoms with van der Waals surface area (Å²) in [5, 5.41) is 0.961. The molecule has 94 valence electrons. The molecule has 0 aliphatic carbocycles. The average Bonchev–Trinajstić information content (AvgIpc) is 2.94. The second-order valence-electron chi connectivity index (χ2n) is 4.25. The van der Waals surface area contributed by atoms with E-state index < -0.39 is 0 Å². The summed E-state index contributed by atoms with van der Waals surface area (Å²) in [5.41, 5.74) is 1.32. The van der Waals surface area contributed by atoms with Crippen LogP contribution < -0.4 is 0 Å². The molecule has 0 aliphatic heterocycles. The van der Waals surface area contributed by atoms with E-state index in [0.29, 0.717) is 11.4 Å². The van der Waals surface area contributed by atoms with Crippen LogP contribution in [0.2, 0.25) is 0 Å². The van der Waals surface area contributed by atoms with Crippen LogP contribution in [-0.2, 0) is 6.54 Å². The van der Waals surface area contributed by atoms with E-state index in [2.05, 4.69) is 9.97 Å². The molecule has 0 unspecified atom stereocenters. The third-order valence-corrected chi connectivity index (χ3v) is 3.14. The normalized spacial score (nSPS) is 10.8. The predicted molar refractivity (Wildman–Crippen MR) is 73.1 cm³/mol. The van der Waals surface area contributed by atoms with Gasteiger partial charge in [-0.3, -0.25) is 9.78 Å². The molecule has 0 N–H and O–H groups in total. The van der Waals surface area contributed by atoms with E-state index in [0.717, 1.165) is 17.4 Å². The Morgan fingerprint density at radius 3 is 2.84 bits per heavy atom. The van der Waals surface area contributed by atoms with Gasteiger partial charge in [0.25, 0.3) is 0 Å². The maximum atomic E-state index is 12.6. The van der Waals surface area contributed by atoms with Crippen LogP contribution in [-0.4, -0.2) is 20.3 Å². The molecule has 3 rings (SSSR count). The summed E-state index contributed by atoms with van der Waals surface area (Å²) in [6.07, 6.45) is 5.16. The Bertz CT molecular complexity index is 740. The lowest BCUT2D eigenvalue weighted by Gasteiger charge is -2.06. The summed E-state index contributed by atoms with van der Waals surface area (Å²) in [6.45, 7) is 2.71. The SMILES string of the molecule is CCn1ccnc1C(=O)c1cccc2cccnc12. The number of carbonyl (C=O) groups excluding carboxylic acids is 1. The number of fused-ring (bicyclic) bond motifs is 1. The Labute approximate surface area is 110 Å². The fraction of sp³-hybridized carbons (Fsp3) is 0.133. The smallest absolute Gasteiger partial charge is 0.230 e. The minimum absolute atomic E-state index is 0.0869. The average molecular weight is 251 g/mol. The van der Waals surface area contributed by atoms with Crippen LogP contribution >= 0.6 is 0 Å². The highest BCUT2D eigenvalue weighted by molar-refractivity contribution is 6.13. The molecule has 0 spiro atoms. The molecular formula is C15H13N3O. The summed E-state index contributed by atoms with van der Waals surface area (Å²) in [6, 6.07) is 9.43. The van der Waals surface area contributed by atoms with Crippen molar-refractivity contribution in [2.24, 2.45) is 0 Å². The van der Waals surface area contributed by atoms with Crippen molar-refractivity contribution in [2.75, 3.05) is 0 Å². The Morgan fingerprint density at radius 1 is 1.16 bits per heavy atom. The first-order chi connectivity index (χ1) is 9.31. The van der Waals surface area contributed by atoms with Crippen molar-refractivity contribution in [1.29, 1.82) is 0 Å². The number of rotatable bonds is 3. The third kappa shape index (κ3) is 1.91. The fourth-order valence-electron chi connectivity index (χ4n) is 2.18. The summed E-state index contributed by atoms with van der Waals surface area (Å²) in [4.78, 5) is 21.0. The summed E-state index contributed by atoms with van der Waals surface area (Å²) >= 11 is 0. The van der Waals surface area contributed by atoms with Crippen molar-refractivity contribution in [3.8, 4) is 0 Å². The topological polar surface area (TPSA) is 47.8 Å². The van der Waals surface area contributed by atoms with Gasteiger partial charge in [0.15, 0.2) is 5.82 Å². The van der Waals surface area contributed by atoms with Gasteiger partial charge in [0.2, 0.25) is 5.78 Å². The monoisotopic (exact) mass is 251 g/mol. The Morgan fingerprint density at radius 2 is 2.00 bits per heavy atom. The molecule has 2 heterocycles. The first kappa shape index (κ1) is 11.6. The van der Waals surface area contributed by atoms with Crippen LogP contribution in [0.3, 0.4) is 0 Å². The van der Waals surface area contributed by atoms with Crippen LogP contribution in [0.4, 0.5) is 0 Å². The molecule has 0 saturated carbocycles. The molecule has 0 fully saturated rings. The second-order valence-corrected chi connectivity index (χ2v) is 4.25. The van der Waals surface area contributed by atoms with Crippen molar-refractivity contribution >= 4 is 16.7 Å². The molecule has 0 saturated heterocycles. The second kappa shape index (κ2) is 4.65. The highest BCUT2D eigenvalue weighted by Crippen LogP contribution is 2.18. The number of hydrogen-bond donors (Lipinski definition) is 0. The summed E-state index contributed by atoms with van der Waals surface area (Å²) in [7, 11) is 0. The molecule has 0 radical (unpaired) electrons. The number of para-hydroxylation sites is 1. The van der Waals surface area contributed by atoms with Crippen molar-refractivity contribution in [3.05, 3.63) is 60.3 Å². The van der Waals surface area contributed by atoms with Crippen LogP contribution in [0.15, 0.2) is 48.9 Å². The van der Waals surface area contributed by atoms with E-state index in [9.17, 15) is 4.79 Å². The maximum Gasteiger partial charge on any atom is 0.230 e. The molecule has 0 atom stereocenters. The predicted octanol–water partition coefficient (Wildman–Crippen LogP) is 2.68. The number of aromatic nitrogens is 3. The molecule has 4 heteroatoms. The molecule has 2 aromatic heterocycles. The van der Waals surface area contributed by atoms with Gasteiger partial charge in [-0.15, -0.1) is 0 Å². The largest absolute Gasteiger partial charge is 0.328 e. The summed E-state index contributed by atoms with van der Waals surface area (Å²) < 4.78 is 1.84. The van der Waals surface area contributed by atoms with E-state index in [1.165, 1.54) is 0 Å². The Hall–Kier alpha value is -2.49. The van der Waals surface area contributed by atoms with Gasteiger partial charge < -0.3 is 4.57 Å². The Kier molecular flexibility index (Phi) is 2.83. The van der Waals surface area contributed by atoms with Crippen molar-refractivity contribution < 1.29 is 4.79 Å². The lowest BCUT2D eigenvalue weighted by Crippen LogP contribution is -2.11. The van der Waals surface area contributed by atoms with Crippen molar-refractivity contribution in [3.63, 3.8) is 0 Å². The van der Waals surface area contributed by atoms with Crippen LogP contribution in [0.1, 0.15) is 23.1 Å². The van der Waals surface area contributed by atoms with Gasteiger partial charge in [-0.1, -0.05) is 18.2 Å². The van der Waals surface area contributed by atoms with Crippen LogP contribution in [0, 0.1) is 0 Å². The number of benzene rings is 1. The highest BCUT2D eigenvalue weighted by Gasteiger charge is 2.17. The van der Waals surface area contributed by atoms with Gasteiger partial charge in [0.05, 0.1) is 11.1 Å². The summed E-state index contributed by atoms with van der Waals surface area (Å²) in [5.74, 6) is 0.372. The zero-order valence-electron chi connectivity index (χ0n) is 10.6. The number of nitrogens with zero attached hydrogens (tertiary/aromatic N) is 3.